The Labute approximate surface area is 93.7 Å². The van der Waals surface area contributed by atoms with Crippen LogP contribution in [0.2, 0.25) is 0 Å². The van der Waals surface area contributed by atoms with Crippen LogP contribution in [0.1, 0.15) is 40.0 Å². The molecule has 0 atom stereocenters. The lowest BCUT2D eigenvalue weighted by Crippen LogP contribution is -2.16. The highest BCUT2D eigenvalue weighted by atomic mass is 16.7. The molecule has 0 N–H and O–H groups in total. The molecule has 0 aromatic heterocycles. The highest BCUT2D eigenvalue weighted by Gasteiger charge is 2.03. The molecule has 0 aliphatic heterocycles. The fraction of sp³-hybridized carbons (Fsp3) is 0.692. The minimum absolute atomic E-state index is 0.101. The summed E-state index contributed by atoms with van der Waals surface area (Å²) in [6, 6.07) is 0. The Bertz CT molecular complexity index is 204. The van der Waals surface area contributed by atoms with Gasteiger partial charge < -0.3 is 9.47 Å². The third-order valence-electron chi connectivity index (χ3n) is 1.72. The van der Waals surface area contributed by atoms with E-state index in [4.69, 9.17) is 9.47 Å². The Morgan fingerprint density at radius 3 is 2.20 bits per heavy atom. The second-order valence-corrected chi connectivity index (χ2v) is 2.96. The average Bonchev–Trinajstić information content (AvgIpc) is 2.24. The van der Waals surface area contributed by atoms with Crippen molar-refractivity contribution in [2.45, 2.75) is 46.3 Å². The molecular weight excluding hydrogens is 188 g/mol. The molecule has 0 aliphatic carbocycles. The molecule has 0 unspecified atom stereocenters. The normalized spacial score (nSPS) is 10.7. The van der Waals surface area contributed by atoms with Gasteiger partial charge in [-0.1, -0.05) is 25.0 Å². The summed E-state index contributed by atoms with van der Waals surface area (Å²) < 4.78 is 10.8. The van der Waals surface area contributed by atoms with Crippen molar-refractivity contribution in [3.63, 3.8) is 0 Å². The van der Waals surface area contributed by atoms with Crippen molar-refractivity contribution < 1.29 is 9.47 Å². The molecule has 0 aliphatic rings. The maximum Gasteiger partial charge on any atom is 0.160 e. The van der Waals surface area contributed by atoms with Crippen LogP contribution in [0, 0.1) is 11.8 Å². The first kappa shape index (κ1) is 14.2. The molecule has 0 rings (SSSR count). The highest BCUT2D eigenvalue weighted by molar-refractivity contribution is 5.03. The van der Waals surface area contributed by atoms with E-state index in [0.717, 1.165) is 19.3 Å². The van der Waals surface area contributed by atoms with Crippen molar-refractivity contribution >= 4 is 0 Å². The van der Waals surface area contributed by atoms with E-state index in [2.05, 4.69) is 30.9 Å². The van der Waals surface area contributed by atoms with Crippen LogP contribution in [0.25, 0.3) is 0 Å². The summed E-state index contributed by atoms with van der Waals surface area (Å²) in [7, 11) is 0. The van der Waals surface area contributed by atoms with Gasteiger partial charge in [-0.25, -0.2) is 0 Å². The minimum Gasteiger partial charge on any atom is -0.353 e. The largest absolute Gasteiger partial charge is 0.353 e. The van der Waals surface area contributed by atoms with Gasteiger partial charge >= 0.3 is 0 Å². The van der Waals surface area contributed by atoms with E-state index in [0.29, 0.717) is 13.2 Å². The fourth-order valence-electron chi connectivity index (χ4n) is 1.10. The van der Waals surface area contributed by atoms with Crippen LogP contribution in [0.4, 0.5) is 0 Å². The zero-order valence-electron chi connectivity index (χ0n) is 10.1. The Morgan fingerprint density at radius 2 is 1.67 bits per heavy atom. The Balaban J connectivity index is 3.67. The van der Waals surface area contributed by atoms with E-state index in [1.54, 1.807) is 0 Å². The topological polar surface area (TPSA) is 18.5 Å². The lowest BCUT2D eigenvalue weighted by Gasteiger charge is -2.14. The highest BCUT2D eigenvalue weighted by Crippen LogP contribution is 2.02. The molecule has 0 heterocycles. The fourth-order valence-corrected chi connectivity index (χ4v) is 1.10. The minimum atomic E-state index is -0.101. The van der Waals surface area contributed by atoms with E-state index in [1.165, 1.54) is 0 Å². The quantitative estimate of drug-likeness (QED) is 0.365. The van der Waals surface area contributed by atoms with Crippen molar-refractivity contribution in [3.05, 3.63) is 12.2 Å². The first-order chi connectivity index (χ1) is 7.35. The average molecular weight is 210 g/mol. The van der Waals surface area contributed by atoms with Gasteiger partial charge in [0.15, 0.2) is 6.29 Å². The molecular formula is C13H22O2. The van der Waals surface area contributed by atoms with Crippen molar-refractivity contribution in [2.75, 3.05) is 13.2 Å². The van der Waals surface area contributed by atoms with Crippen LogP contribution in [0.5, 0.6) is 0 Å². The van der Waals surface area contributed by atoms with Gasteiger partial charge in [-0.15, -0.1) is 5.92 Å². The number of hydrogen-bond acceptors (Lipinski definition) is 2. The number of hydrogen-bond donors (Lipinski definition) is 0. The van der Waals surface area contributed by atoms with Gasteiger partial charge in [0.25, 0.3) is 0 Å². The van der Waals surface area contributed by atoms with E-state index < -0.39 is 0 Å². The van der Waals surface area contributed by atoms with E-state index in [-0.39, 0.29) is 6.29 Å². The van der Waals surface area contributed by atoms with Crippen LogP contribution in [-0.4, -0.2) is 19.5 Å². The molecule has 0 aromatic rings. The van der Waals surface area contributed by atoms with Gasteiger partial charge in [0.05, 0.1) is 0 Å². The number of rotatable bonds is 7. The van der Waals surface area contributed by atoms with Crippen LogP contribution < -0.4 is 0 Å². The van der Waals surface area contributed by atoms with Crippen molar-refractivity contribution in [1.29, 1.82) is 0 Å². The van der Waals surface area contributed by atoms with Gasteiger partial charge in [0.1, 0.15) is 0 Å². The first-order valence-corrected chi connectivity index (χ1v) is 5.69. The third kappa shape index (κ3) is 9.52. The maximum atomic E-state index is 5.40. The maximum absolute atomic E-state index is 5.40. The Kier molecular flexibility index (Phi) is 10.7. The Hall–Kier alpha value is -0.780. The van der Waals surface area contributed by atoms with Crippen LogP contribution in [0.15, 0.2) is 12.2 Å². The molecule has 0 spiro atoms. The lowest BCUT2D eigenvalue weighted by molar-refractivity contribution is -0.133. The Morgan fingerprint density at radius 1 is 1.00 bits per heavy atom. The second-order valence-electron chi connectivity index (χ2n) is 2.96. The predicted molar refractivity (Wildman–Crippen MR) is 63.5 cm³/mol. The van der Waals surface area contributed by atoms with E-state index in [1.807, 2.05) is 13.8 Å². The van der Waals surface area contributed by atoms with E-state index in [9.17, 15) is 0 Å². The molecule has 0 saturated heterocycles. The molecule has 2 nitrogen and oxygen atoms in total. The predicted octanol–water partition coefficient (Wildman–Crippen LogP) is 3.14. The molecule has 0 bridgehead atoms. The summed E-state index contributed by atoms with van der Waals surface area (Å²) in [4.78, 5) is 0. The summed E-state index contributed by atoms with van der Waals surface area (Å²) in [6.07, 6.45) is 6.58. The molecule has 0 fully saturated rings. The van der Waals surface area contributed by atoms with Gasteiger partial charge in [-0.05, 0) is 13.8 Å². The van der Waals surface area contributed by atoms with Crippen molar-refractivity contribution in [3.8, 4) is 11.8 Å². The molecule has 86 valence electrons. The standard InChI is InChI=1S/C13H22O2/c1-4-7-8-9-10-11-12-13(14-5-2)15-6-3/h10-11,13H,4-6,9,12H2,1-3H3/b11-10-. The summed E-state index contributed by atoms with van der Waals surface area (Å²) in [5.74, 6) is 6.08. The zero-order valence-corrected chi connectivity index (χ0v) is 10.1. The van der Waals surface area contributed by atoms with Crippen molar-refractivity contribution in [1.82, 2.24) is 0 Å². The van der Waals surface area contributed by atoms with Crippen LogP contribution >= 0.6 is 0 Å². The molecule has 0 saturated carbocycles. The van der Waals surface area contributed by atoms with Gasteiger partial charge in [0, 0.05) is 32.5 Å². The van der Waals surface area contributed by atoms with Crippen LogP contribution in [-0.2, 0) is 9.47 Å². The SMILES string of the molecule is CCC#CC/C=C\CC(OCC)OCC. The smallest absolute Gasteiger partial charge is 0.160 e. The number of allylic oxidation sites excluding steroid dienone is 1. The zero-order chi connectivity index (χ0) is 11.4. The second kappa shape index (κ2) is 11.3. The van der Waals surface area contributed by atoms with E-state index >= 15 is 0 Å². The molecule has 0 radical (unpaired) electrons. The van der Waals surface area contributed by atoms with Gasteiger partial charge in [-0.2, -0.15) is 0 Å². The monoisotopic (exact) mass is 210 g/mol. The molecule has 0 aromatic carbocycles. The van der Waals surface area contributed by atoms with Crippen molar-refractivity contribution in [2.24, 2.45) is 0 Å². The molecule has 15 heavy (non-hydrogen) atoms. The van der Waals surface area contributed by atoms with Crippen LogP contribution in [0.3, 0.4) is 0 Å². The third-order valence-corrected chi connectivity index (χ3v) is 1.72. The lowest BCUT2D eigenvalue weighted by atomic mass is 10.3. The number of ether oxygens (including phenoxy) is 2. The summed E-state index contributed by atoms with van der Waals surface area (Å²) in [5.41, 5.74) is 0. The molecule has 2 heteroatoms. The summed E-state index contributed by atoms with van der Waals surface area (Å²) in [6.45, 7) is 7.38. The first-order valence-electron chi connectivity index (χ1n) is 5.69. The van der Waals surface area contributed by atoms with Gasteiger partial charge in [0.2, 0.25) is 0 Å². The molecule has 0 amide bonds. The van der Waals surface area contributed by atoms with Gasteiger partial charge in [-0.3, -0.25) is 0 Å². The summed E-state index contributed by atoms with van der Waals surface area (Å²) in [5, 5.41) is 0. The summed E-state index contributed by atoms with van der Waals surface area (Å²) >= 11 is 0.